The minimum atomic E-state index is -4.43. The summed E-state index contributed by atoms with van der Waals surface area (Å²) in [5.41, 5.74) is -0.666. The lowest BCUT2D eigenvalue weighted by Gasteiger charge is -2.35. The molecule has 2 bridgehead atoms. The molecule has 0 saturated carbocycles. The van der Waals surface area contributed by atoms with Gasteiger partial charge < -0.3 is 10.2 Å². The number of hydrogen-bond acceptors (Lipinski definition) is 2. The van der Waals surface area contributed by atoms with E-state index in [9.17, 15) is 18.0 Å². The van der Waals surface area contributed by atoms with Crippen molar-refractivity contribution in [3.05, 3.63) is 35.4 Å². The van der Waals surface area contributed by atoms with Gasteiger partial charge in [-0.1, -0.05) is 18.2 Å². The zero-order valence-electron chi connectivity index (χ0n) is 13.1. The van der Waals surface area contributed by atoms with Crippen molar-refractivity contribution in [2.24, 2.45) is 0 Å². The number of nitrogens with zero attached hydrogens (tertiary/aromatic N) is 1. The Bertz CT molecular complexity index is 575. The maximum atomic E-state index is 13.0. The average molecular weight is 326 g/mol. The number of rotatable bonds is 3. The zero-order chi connectivity index (χ0) is 16.6. The van der Waals surface area contributed by atoms with E-state index in [1.807, 2.05) is 0 Å². The Morgan fingerprint density at radius 1 is 1.22 bits per heavy atom. The van der Waals surface area contributed by atoms with Crippen LogP contribution in [0.3, 0.4) is 0 Å². The van der Waals surface area contributed by atoms with Gasteiger partial charge in [0, 0.05) is 25.2 Å². The van der Waals surface area contributed by atoms with Crippen LogP contribution in [0.1, 0.15) is 36.8 Å². The van der Waals surface area contributed by atoms with Crippen LogP contribution in [0.15, 0.2) is 24.3 Å². The number of fused-ring (bicyclic) bond motifs is 2. The molecule has 0 radical (unpaired) electrons. The summed E-state index contributed by atoms with van der Waals surface area (Å²) >= 11 is 0. The molecule has 0 spiro atoms. The van der Waals surface area contributed by atoms with Gasteiger partial charge in [0.05, 0.1) is 12.0 Å². The first kappa shape index (κ1) is 16.3. The van der Waals surface area contributed by atoms with Crippen molar-refractivity contribution in [1.82, 2.24) is 10.2 Å². The Morgan fingerprint density at radius 2 is 1.83 bits per heavy atom. The summed E-state index contributed by atoms with van der Waals surface area (Å²) in [5.74, 6) is -0.243. The highest BCUT2D eigenvalue weighted by Gasteiger charge is 2.37. The number of piperidine rings is 1. The van der Waals surface area contributed by atoms with Crippen LogP contribution in [0.25, 0.3) is 0 Å². The van der Waals surface area contributed by atoms with Crippen LogP contribution in [0.2, 0.25) is 0 Å². The zero-order valence-corrected chi connectivity index (χ0v) is 13.1. The predicted molar refractivity (Wildman–Crippen MR) is 80.9 cm³/mol. The van der Waals surface area contributed by atoms with Gasteiger partial charge in [-0.15, -0.1) is 0 Å². The molecule has 3 nitrogen and oxygen atoms in total. The Morgan fingerprint density at radius 3 is 2.43 bits per heavy atom. The van der Waals surface area contributed by atoms with Gasteiger partial charge in [0.2, 0.25) is 5.91 Å². The summed E-state index contributed by atoms with van der Waals surface area (Å²) in [6, 6.07) is 6.33. The molecule has 126 valence electrons. The second-order valence-electron chi connectivity index (χ2n) is 6.60. The molecule has 3 rings (SSSR count). The number of amides is 1. The normalized spacial score (nSPS) is 27.0. The summed E-state index contributed by atoms with van der Waals surface area (Å²) in [6.45, 7) is 0. The molecule has 2 aliphatic rings. The molecule has 0 aromatic heterocycles. The third-order valence-electron chi connectivity index (χ3n) is 5.05. The molecule has 2 heterocycles. The van der Waals surface area contributed by atoms with Gasteiger partial charge in [0.15, 0.2) is 0 Å². The van der Waals surface area contributed by atoms with Crippen molar-refractivity contribution in [3.63, 3.8) is 0 Å². The average Bonchev–Trinajstić information content (AvgIpc) is 2.84. The van der Waals surface area contributed by atoms with Gasteiger partial charge in [-0.3, -0.25) is 4.79 Å². The predicted octanol–water partition coefficient (Wildman–Crippen LogP) is 2.99. The van der Waals surface area contributed by atoms with E-state index in [1.165, 1.54) is 12.1 Å². The van der Waals surface area contributed by atoms with Crippen molar-refractivity contribution in [3.8, 4) is 0 Å². The van der Waals surface area contributed by atoms with E-state index >= 15 is 0 Å². The molecule has 23 heavy (non-hydrogen) atoms. The van der Waals surface area contributed by atoms with E-state index in [0.29, 0.717) is 12.1 Å². The first-order valence-corrected chi connectivity index (χ1v) is 8.01. The van der Waals surface area contributed by atoms with Crippen LogP contribution in [0, 0.1) is 0 Å². The van der Waals surface area contributed by atoms with E-state index in [-0.39, 0.29) is 23.9 Å². The molecular formula is C17H21F3N2O. The molecule has 1 aromatic carbocycles. The smallest absolute Gasteiger partial charge is 0.342 e. The molecule has 2 fully saturated rings. The quantitative estimate of drug-likeness (QED) is 0.926. The van der Waals surface area contributed by atoms with Crippen molar-refractivity contribution < 1.29 is 18.0 Å². The number of halogens is 3. The Labute approximate surface area is 133 Å². The first-order chi connectivity index (χ1) is 10.8. The fraction of sp³-hybridized carbons (Fsp3) is 0.588. The van der Waals surface area contributed by atoms with Gasteiger partial charge in [-0.2, -0.15) is 13.2 Å². The van der Waals surface area contributed by atoms with E-state index in [4.69, 9.17) is 0 Å². The number of benzene rings is 1. The highest BCUT2D eigenvalue weighted by molar-refractivity contribution is 5.79. The number of alkyl halides is 3. The third kappa shape index (κ3) is 3.52. The summed E-state index contributed by atoms with van der Waals surface area (Å²) in [7, 11) is 1.72. The van der Waals surface area contributed by atoms with Crippen LogP contribution < -0.4 is 5.32 Å². The highest BCUT2D eigenvalue weighted by atomic mass is 19.4. The Kier molecular flexibility index (Phi) is 4.36. The van der Waals surface area contributed by atoms with Crippen molar-refractivity contribution in [2.45, 2.75) is 56.4 Å². The molecule has 1 N–H and O–H groups in total. The van der Waals surface area contributed by atoms with Gasteiger partial charge in [-0.25, -0.2) is 0 Å². The molecule has 0 unspecified atom stereocenters. The SMILES string of the molecule is CN(C(=O)Cc1ccccc1C(F)(F)F)C1C[C@@H]2CC[C@@H](C1)N2. The van der Waals surface area contributed by atoms with Gasteiger partial charge >= 0.3 is 6.18 Å². The van der Waals surface area contributed by atoms with Gasteiger partial charge in [-0.05, 0) is 37.3 Å². The second-order valence-corrected chi connectivity index (χ2v) is 6.60. The number of hydrogen-bond donors (Lipinski definition) is 1. The molecule has 2 aliphatic heterocycles. The Hall–Kier alpha value is -1.56. The summed E-state index contributed by atoms with van der Waals surface area (Å²) in [6.07, 6.45) is -0.603. The molecule has 2 saturated heterocycles. The molecule has 6 heteroatoms. The Balaban J connectivity index is 1.70. The van der Waals surface area contributed by atoms with E-state index in [0.717, 1.165) is 31.7 Å². The van der Waals surface area contributed by atoms with Gasteiger partial charge in [0.25, 0.3) is 0 Å². The lowest BCUT2D eigenvalue weighted by Crippen LogP contribution is -2.49. The molecular weight excluding hydrogens is 305 g/mol. The van der Waals surface area contributed by atoms with Crippen LogP contribution in [0.5, 0.6) is 0 Å². The summed E-state index contributed by atoms with van der Waals surface area (Å²) < 4.78 is 39.1. The molecule has 1 aromatic rings. The minimum absolute atomic E-state index is 0.0498. The monoisotopic (exact) mass is 326 g/mol. The molecule has 1 amide bonds. The number of likely N-dealkylation sites (N-methyl/N-ethyl adjacent to an activating group) is 1. The third-order valence-corrected chi connectivity index (χ3v) is 5.05. The standard InChI is InChI=1S/C17H21F3N2O/c1-22(14-9-12-6-7-13(10-14)21-12)16(23)8-11-4-2-3-5-15(11)17(18,19)20/h2-5,12-14,21H,6-10H2,1H3/t12-,13-/m0/s1. The molecule has 0 aliphatic carbocycles. The molecule has 2 atom stereocenters. The lowest BCUT2D eigenvalue weighted by atomic mass is 9.97. The maximum absolute atomic E-state index is 13.0. The van der Waals surface area contributed by atoms with Crippen molar-refractivity contribution in [2.75, 3.05) is 7.05 Å². The van der Waals surface area contributed by atoms with E-state index in [1.54, 1.807) is 18.0 Å². The summed E-state index contributed by atoms with van der Waals surface area (Å²) in [5, 5.41) is 3.51. The van der Waals surface area contributed by atoms with Crippen LogP contribution in [-0.4, -0.2) is 36.0 Å². The minimum Gasteiger partial charge on any atom is -0.342 e. The number of nitrogens with one attached hydrogen (secondary N) is 1. The van der Waals surface area contributed by atoms with Crippen molar-refractivity contribution in [1.29, 1.82) is 0 Å². The maximum Gasteiger partial charge on any atom is 0.416 e. The van der Waals surface area contributed by atoms with Crippen LogP contribution in [-0.2, 0) is 17.4 Å². The summed E-state index contributed by atoms with van der Waals surface area (Å²) in [4.78, 5) is 14.1. The van der Waals surface area contributed by atoms with E-state index < -0.39 is 11.7 Å². The largest absolute Gasteiger partial charge is 0.416 e. The van der Waals surface area contributed by atoms with Crippen LogP contribution in [0.4, 0.5) is 13.2 Å². The van der Waals surface area contributed by atoms with Crippen LogP contribution >= 0.6 is 0 Å². The fourth-order valence-electron chi connectivity index (χ4n) is 3.79. The lowest BCUT2D eigenvalue weighted by molar-refractivity contribution is -0.138. The highest BCUT2D eigenvalue weighted by Crippen LogP contribution is 2.33. The van der Waals surface area contributed by atoms with Gasteiger partial charge in [0.1, 0.15) is 0 Å². The topological polar surface area (TPSA) is 32.3 Å². The van der Waals surface area contributed by atoms with E-state index in [2.05, 4.69) is 5.32 Å². The number of carbonyl (C=O) groups is 1. The van der Waals surface area contributed by atoms with Crippen molar-refractivity contribution >= 4 is 5.91 Å². The first-order valence-electron chi connectivity index (χ1n) is 8.01. The number of carbonyl (C=O) groups excluding carboxylic acids is 1. The second kappa shape index (κ2) is 6.15. The fourth-order valence-corrected chi connectivity index (χ4v) is 3.79.